The molecule has 0 amide bonds. The van der Waals surface area contributed by atoms with Crippen LogP contribution in [0.3, 0.4) is 0 Å². The number of aliphatic hydroxyl groups excluding tert-OH is 1. The summed E-state index contributed by atoms with van der Waals surface area (Å²) in [6, 6.07) is 3.89. The first-order valence-corrected chi connectivity index (χ1v) is 6.91. The third-order valence-corrected chi connectivity index (χ3v) is 3.68. The van der Waals surface area contributed by atoms with Gasteiger partial charge in [-0.3, -0.25) is 0 Å². The number of pyridine rings is 1. The van der Waals surface area contributed by atoms with Gasteiger partial charge in [-0.25, -0.2) is 9.97 Å². The zero-order chi connectivity index (χ0) is 14.8. The molecule has 2 aromatic heterocycles. The number of aliphatic hydroxyl groups is 1. The van der Waals surface area contributed by atoms with Crippen LogP contribution < -0.4 is 16.4 Å². The Morgan fingerprint density at radius 2 is 1.86 bits per heavy atom. The summed E-state index contributed by atoms with van der Waals surface area (Å²) in [7, 11) is 0. The molecule has 21 heavy (non-hydrogen) atoms. The number of anilines is 3. The number of hydrogen-bond donors (Lipinski definition) is 3. The fourth-order valence-corrected chi connectivity index (χ4v) is 2.46. The first-order valence-electron chi connectivity index (χ1n) is 6.91. The maximum Gasteiger partial charge on any atom is 0.221 e. The van der Waals surface area contributed by atoms with Crippen molar-refractivity contribution in [1.29, 1.82) is 0 Å². The van der Waals surface area contributed by atoms with Crippen LogP contribution >= 0.6 is 0 Å². The van der Waals surface area contributed by atoms with E-state index in [4.69, 9.17) is 11.5 Å². The molecule has 7 heteroatoms. The van der Waals surface area contributed by atoms with E-state index in [1.165, 1.54) is 0 Å². The summed E-state index contributed by atoms with van der Waals surface area (Å²) in [6.45, 7) is 1.64. The molecule has 2 aromatic rings. The Morgan fingerprint density at radius 1 is 1.10 bits per heavy atom. The summed E-state index contributed by atoms with van der Waals surface area (Å²) >= 11 is 0. The highest BCUT2D eigenvalue weighted by Gasteiger charge is 2.18. The number of nitrogens with two attached hydrogens (primary N) is 2. The summed E-state index contributed by atoms with van der Waals surface area (Å²) in [5, 5.41) is 9.53. The molecular formula is C14H18N6O. The molecule has 0 atom stereocenters. The van der Waals surface area contributed by atoms with E-state index in [-0.39, 0.29) is 12.1 Å². The SMILES string of the molecule is Nc1ncc(-c2ccc(N3CCC(O)CC3)nc2)c(N)n1. The van der Waals surface area contributed by atoms with Crippen LogP contribution in [0, 0.1) is 0 Å². The van der Waals surface area contributed by atoms with Gasteiger partial charge in [-0.1, -0.05) is 0 Å². The average molecular weight is 286 g/mol. The highest BCUT2D eigenvalue weighted by Crippen LogP contribution is 2.25. The number of aromatic nitrogens is 3. The highest BCUT2D eigenvalue weighted by molar-refractivity contribution is 5.73. The summed E-state index contributed by atoms with van der Waals surface area (Å²) in [4.78, 5) is 14.5. The van der Waals surface area contributed by atoms with Crippen LogP contribution in [0.5, 0.6) is 0 Å². The molecule has 0 bridgehead atoms. The Labute approximate surface area is 122 Å². The van der Waals surface area contributed by atoms with Gasteiger partial charge in [0.25, 0.3) is 0 Å². The van der Waals surface area contributed by atoms with Crippen LogP contribution in [0.15, 0.2) is 24.5 Å². The molecule has 7 nitrogen and oxygen atoms in total. The summed E-state index contributed by atoms with van der Waals surface area (Å²) in [5.41, 5.74) is 12.9. The molecule has 0 radical (unpaired) electrons. The minimum Gasteiger partial charge on any atom is -0.393 e. The van der Waals surface area contributed by atoms with Crippen LogP contribution in [-0.4, -0.2) is 39.3 Å². The standard InChI is InChI=1S/C14H18N6O/c15-13-11(8-18-14(16)19-13)9-1-2-12(17-7-9)20-5-3-10(21)4-6-20/h1-2,7-8,10,21H,3-6H2,(H4,15,16,18,19). The quantitative estimate of drug-likeness (QED) is 0.743. The van der Waals surface area contributed by atoms with E-state index >= 15 is 0 Å². The molecule has 1 aliphatic heterocycles. The second kappa shape index (κ2) is 5.53. The topological polar surface area (TPSA) is 114 Å². The number of hydrogen-bond acceptors (Lipinski definition) is 7. The molecule has 0 aliphatic carbocycles. The first kappa shape index (κ1) is 13.6. The second-order valence-corrected chi connectivity index (χ2v) is 5.15. The molecule has 110 valence electrons. The zero-order valence-electron chi connectivity index (χ0n) is 11.6. The van der Waals surface area contributed by atoms with E-state index in [0.29, 0.717) is 5.82 Å². The third-order valence-electron chi connectivity index (χ3n) is 3.68. The van der Waals surface area contributed by atoms with E-state index in [0.717, 1.165) is 42.9 Å². The van der Waals surface area contributed by atoms with Crippen molar-refractivity contribution in [3.63, 3.8) is 0 Å². The number of piperidine rings is 1. The molecule has 0 unspecified atom stereocenters. The van der Waals surface area contributed by atoms with Gasteiger partial charge in [0, 0.05) is 36.6 Å². The molecule has 1 fully saturated rings. The maximum atomic E-state index is 9.53. The number of nitrogen functional groups attached to an aromatic ring is 2. The predicted octanol–water partition coefficient (Wildman–Crippen LogP) is 0.664. The molecule has 5 N–H and O–H groups in total. The predicted molar refractivity (Wildman–Crippen MR) is 81.5 cm³/mol. The minimum absolute atomic E-state index is 0.160. The molecule has 1 saturated heterocycles. The molecule has 1 aliphatic rings. The fourth-order valence-electron chi connectivity index (χ4n) is 2.46. The van der Waals surface area contributed by atoms with Gasteiger partial charge in [-0.15, -0.1) is 0 Å². The van der Waals surface area contributed by atoms with Crippen molar-refractivity contribution in [3.05, 3.63) is 24.5 Å². The monoisotopic (exact) mass is 286 g/mol. The lowest BCUT2D eigenvalue weighted by Crippen LogP contribution is -2.36. The molecule has 0 saturated carbocycles. The van der Waals surface area contributed by atoms with Crippen LogP contribution in [0.2, 0.25) is 0 Å². The summed E-state index contributed by atoms with van der Waals surface area (Å²) in [5.74, 6) is 1.41. The van der Waals surface area contributed by atoms with Crippen LogP contribution in [0.1, 0.15) is 12.8 Å². The van der Waals surface area contributed by atoms with Crippen molar-refractivity contribution >= 4 is 17.6 Å². The maximum absolute atomic E-state index is 9.53. The molecule has 3 rings (SSSR count). The average Bonchev–Trinajstić information content (AvgIpc) is 2.48. The Morgan fingerprint density at radius 3 is 2.48 bits per heavy atom. The van der Waals surface area contributed by atoms with E-state index in [1.807, 2.05) is 12.1 Å². The van der Waals surface area contributed by atoms with Crippen LogP contribution in [-0.2, 0) is 0 Å². The van der Waals surface area contributed by atoms with Gasteiger partial charge in [-0.2, -0.15) is 4.98 Å². The summed E-state index contributed by atoms with van der Waals surface area (Å²) in [6.07, 6.45) is 4.73. The Balaban J connectivity index is 1.80. The zero-order valence-corrected chi connectivity index (χ0v) is 11.6. The van der Waals surface area contributed by atoms with Crippen molar-refractivity contribution < 1.29 is 5.11 Å². The molecule has 3 heterocycles. The molecule has 0 spiro atoms. The van der Waals surface area contributed by atoms with Gasteiger partial charge in [0.05, 0.1) is 6.10 Å². The van der Waals surface area contributed by atoms with Crippen molar-refractivity contribution in [3.8, 4) is 11.1 Å². The molecule has 0 aromatic carbocycles. The van der Waals surface area contributed by atoms with Gasteiger partial charge in [0.1, 0.15) is 11.6 Å². The van der Waals surface area contributed by atoms with E-state index in [9.17, 15) is 5.11 Å². The van der Waals surface area contributed by atoms with Crippen molar-refractivity contribution in [2.75, 3.05) is 29.5 Å². The first-order chi connectivity index (χ1) is 10.1. The normalized spacial score (nSPS) is 16.1. The third kappa shape index (κ3) is 2.87. The van der Waals surface area contributed by atoms with Crippen molar-refractivity contribution in [2.45, 2.75) is 18.9 Å². The Bertz CT molecular complexity index is 622. The van der Waals surface area contributed by atoms with Gasteiger partial charge in [-0.05, 0) is 25.0 Å². The Kier molecular flexibility index (Phi) is 3.57. The second-order valence-electron chi connectivity index (χ2n) is 5.15. The largest absolute Gasteiger partial charge is 0.393 e. The van der Waals surface area contributed by atoms with Gasteiger partial charge >= 0.3 is 0 Å². The van der Waals surface area contributed by atoms with Crippen molar-refractivity contribution in [2.24, 2.45) is 0 Å². The smallest absolute Gasteiger partial charge is 0.221 e. The van der Waals surface area contributed by atoms with Gasteiger partial charge in [0.15, 0.2) is 0 Å². The lowest BCUT2D eigenvalue weighted by atomic mass is 10.1. The minimum atomic E-state index is -0.188. The highest BCUT2D eigenvalue weighted by atomic mass is 16.3. The number of rotatable bonds is 2. The fraction of sp³-hybridized carbons (Fsp3) is 0.357. The van der Waals surface area contributed by atoms with Crippen molar-refractivity contribution in [1.82, 2.24) is 15.0 Å². The number of nitrogens with zero attached hydrogens (tertiary/aromatic N) is 4. The van der Waals surface area contributed by atoms with Crippen LogP contribution in [0.4, 0.5) is 17.6 Å². The van der Waals surface area contributed by atoms with E-state index < -0.39 is 0 Å². The lowest BCUT2D eigenvalue weighted by Gasteiger charge is -2.30. The van der Waals surface area contributed by atoms with E-state index in [2.05, 4.69) is 19.9 Å². The van der Waals surface area contributed by atoms with Gasteiger partial charge in [0.2, 0.25) is 5.95 Å². The Hall–Kier alpha value is -2.41. The summed E-state index contributed by atoms with van der Waals surface area (Å²) < 4.78 is 0. The van der Waals surface area contributed by atoms with E-state index in [1.54, 1.807) is 12.4 Å². The lowest BCUT2D eigenvalue weighted by molar-refractivity contribution is 0.145. The van der Waals surface area contributed by atoms with Gasteiger partial charge < -0.3 is 21.5 Å². The van der Waals surface area contributed by atoms with Crippen LogP contribution in [0.25, 0.3) is 11.1 Å². The molecular weight excluding hydrogens is 268 g/mol.